The summed E-state index contributed by atoms with van der Waals surface area (Å²) < 4.78 is 20.5. The highest BCUT2D eigenvalue weighted by Gasteiger charge is 2.18. The Labute approximate surface area is 133 Å². The summed E-state index contributed by atoms with van der Waals surface area (Å²) >= 11 is 0. The number of nitro benzene ring substituents is 1. The lowest BCUT2D eigenvalue weighted by atomic mass is 10.2. The molecule has 7 nitrogen and oxygen atoms in total. The number of aromatic nitrogens is 2. The van der Waals surface area contributed by atoms with Crippen LogP contribution in [0.3, 0.4) is 0 Å². The highest BCUT2D eigenvalue weighted by Crippen LogP contribution is 2.31. The number of nitro groups is 1. The van der Waals surface area contributed by atoms with Crippen LogP contribution >= 0.6 is 0 Å². The van der Waals surface area contributed by atoms with Crippen molar-refractivity contribution in [2.45, 2.75) is 26.3 Å². The molecule has 1 heterocycles. The van der Waals surface area contributed by atoms with E-state index in [1.807, 2.05) is 17.7 Å². The largest absolute Gasteiger partial charge is 0.494 e. The van der Waals surface area contributed by atoms with Crippen molar-refractivity contribution in [3.05, 3.63) is 46.3 Å². The summed E-state index contributed by atoms with van der Waals surface area (Å²) in [5, 5.41) is 14.0. The zero-order chi connectivity index (χ0) is 16.8. The summed E-state index contributed by atoms with van der Waals surface area (Å²) in [6.07, 6.45) is 5.38. The Morgan fingerprint density at radius 2 is 2.22 bits per heavy atom. The summed E-state index contributed by atoms with van der Waals surface area (Å²) in [5.41, 5.74) is -0.0409. The van der Waals surface area contributed by atoms with E-state index in [4.69, 9.17) is 4.74 Å². The van der Waals surface area contributed by atoms with Gasteiger partial charge in [0.05, 0.1) is 18.1 Å². The highest BCUT2D eigenvalue weighted by molar-refractivity contribution is 5.64. The zero-order valence-electron chi connectivity index (χ0n) is 13.1. The number of nitrogens with one attached hydrogen (secondary N) is 1. The van der Waals surface area contributed by atoms with E-state index in [1.54, 1.807) is 6.20 Å². The SMILES string of the molecule is COc1cc(NCCCCn2ccnc2C)c([N+](=O)[O-])cc1F. The molecule has 0 fully saturated rings. The van der Waals surface area contributed by atoms with Gasteiger partial charge in [0.25, 0.3) is 5.69 Å². The van der Waals surface area contributed by atoms with Gasteiger partial charge in [-0.1, -0.05) is 0 Å². The van der Waals surface area contributed by atoms with Crippen molar-refractivity contribution in [2.75, 3.05) is 19.0 Å². The fraction of sp³-hybridized carbons (Fsp3) is 0.400. The third-order valence-electron chi connectivity index (χ3n) is 3.53. The summed E-state index contributed by atoms with van der Waals surface area (Å²) in [6.45, 7) is 3.32. The molecule has 124 valence electrons. The molecule has 0 saturated carbocycles. The number of halogens is 1. The first-order valence-electron chi connectivity index (χ1n) is 7.26. The Hall–Kier alpha value is -2.64. The molecule has 0 amide bonds. The first kappa shape index (κ1) is 16.7. The van der Waals surface area contributed by atoms with Crippen LogP contribution in [0, 0.1) is 22.9 Å². The van der Waals surface area contributed by atoms with Gasteiger partial charge in [0.2, 0.25) is 0 Å². The average Bonchev–Trinajstić information content (AvgIpc) is 2.93. The van der Waals surface area contributed by atoms with Crippen LogP contribution in [0.5, 0.6) is 5.75 Å². The second kappa shape index (κ2) is 7.57. The van der Waals surface area contributed by atoms with Crippen molar-refractivity contribution < 1.29 is 14.1 Å². The van der Waals surface area contributed by atoms with E-state index in [9.17, 15) is 14.5 Å². The van der Waals surface area contributed by atoms with Gasteiger partial charge in [0.15, 0.2) is 11.6 Å². The van der Waals surface area contributed by atoms with Gasteiger partial charge in [-0.15, -0.1) is 0 Å². The van der Waals surface area contributed by atoms with Crippen LogP contribution in [0.4, 0.5) is 15.8 Å². The number of ether oxygens (including phenoxy) is 1. The van der Waals surface area contributed by atoms with Crippen LogP contribution in [0.15, 0.2) is 24.5 Å². The van der Waals surface area contributed by atoms with Crippen molar-refractivity contribution in [1.29, 1.82) is 0 Å². The van der Waals surface area contributed by atoms with Crippen LogP contribution in [0.1, 0.15) is 18.7 Å². The minimum absolute atomic E-state index is 0.0212. The average molecular weight is 322 g/mol. The van der Waals surface area contributed by atoms with E-state index in [0.29, 0.717) is 6.54 Å². The standard InChI is InChI=1S/C15H19FN4O3/c1-11-17-6-8-19(11)7-4-3-5-18-13-10-15(23-2)12(16)9-14(13)20(21)22/h6,8-10,18H,3-5,7H2,1-2H3. The number of unbranched alkanes of at least 4 members (excludes halogenated alkanes) is 1. The molecule has 8 heteroatoms. The number of rotatable bonds is 8. The quantitative estimate of drug-likeness (QED) is 0.459. The molecule has 1 aromatic carbocycles. The van der Waals surface area contributed by atoms with Crippen molar-refractivity contribution in [1.82, 2.24) is 9.55 Å². The molecule has 23 heavy (non-hydrogen) atoms. The van der Waals surface area contributed by atoms with Gasteiger partial charge in [0, 0.05) is 31.5 Å². The van der Waals surface area contributed by atoms with Crippen LogP contribution < -0.4 is 10.1 Å². The molecule has 2 rings (SSSR count). The van der Waals surface area contributed by atoms with Crippen molar-refractivity contribution in [3.8, 4) is 5.75 Å². The molecular formula is C15H19FN4O3. The van der Waals surface area contributed by atoms with E-state index < -0.39 is 10.7 Å². The Kier molecular flexibility index (Phi) is 5.51. The van der Waals surface area contributed by atoms with Crippen molar-refractivity contribution in [3.63, 3.8) is 0 Å². The zero-order valence-corrected chi connectivity index (χ0v) is 13.1. The Morgan fingerprint density at radius 1 is 1.43 bits per heavy atom. The Morgan fingerprint density at radius 3 is 2.83 bits per heavy atom. The first-order valence-corrected chi connectivity index (χ1v) is 7.26. The van der Waals surface area contributed by atoms with Gasteiger partial charge < -0.3 is 14.6 Å². The molecule has 0 unspecified atom stereocenters. The van der Waals surface area contributed by atoms with E-state index in [2.05, 4.69) is 10.3 Å². The maximum Gasteiger partial charge on any atom is 0.295 e. The Balaban J connectivity index is 1.92. The summed E-state index contributed by atoms with van der Waals surface area (Å²) in [6, 6.07) is 2.18. The van der Waals surface area contributed by atoms with Gasteiger partial charge in [-0.3, -0.25) is 10.1 Å². The summed E-state index contributed by atoms with van der Waals surface area (Å²) in [7, 11) is 1.32. The number of aryl methyl sites for hydroxylation is 2. The van der Waals surface area contributed by atoms with Gasteiger partial charge in [0.1, 0.15) is 11.5 Å². The fourth-order valence-electron chi connectivity index (χ4n) is 2.26. The van der Waals surface area contributed by atoms with Crippen LogP contribution in [-0.2, 0) is 6.54 Å². The maximum atomic E-state index is 13.6. The molecule has 0 aliphatic heterocycles. The lowest BCUT2D eigenvalue weighted by Gasteiger charge is -2.10. The van der Waals surface area contributed by atoms with Gasteiger partial charge in [-0.05, 0) is 19.8 Å². The Bertz CT molecular complexity index is 687. The molecule has 0 aliphatic rings. The van der Waals surface area contributed by atoms with Gasteiger partial charge in [-0.25, -0.2) is 9.37 Å². The van der Waals surface area contributed by atoms with E-state index in [0.717, 1.165) is 31.3 Å². The minimum Gasteiger partial charge on any atom is -0.494 e. The smallest absolute Gasteiger partial charge is 0.295 e. The lowest BCUT2D eigenvalue weighted by Crippen LogP contribution is -2.07. The van der Waals surface area contributed by atoms with Crippen molar-refractivity contribution >= 4 is 11.4 Å². The third kappa shape index (κ3) is 4.18. The van der Waals surface area contributed by atoms with Crippen LogP contribution in [-0.4, -0.2) is 28.1 Å². The van der Waals surface area contributed by atoms with Crippen LogP contribution in [0.2, 0.25) is 0 Å². The number of hydrogen-bond donors (Lipinski definition) is 1. The molecule has 0 atom stereocenters. The van der Waals surface area contributed by atoms with Crippen molar-refractivity contribution in [2.24, 2.45) is 0 Å². The second-order valence-electron chi connectivity index (χ2n) is 5.06. The molecule has 0 bridgehead atoms. The molecule has 0 radical (unpaired) electrons. The third-order valence-corrected chi connectivity index (χ3v) is 3.53. The molecular weight excluding hydrogens is 303 g/mol. The van der Waals surface area contributed by atoms with E-state index in [1.165, 1.54) is 13.2 Å². The minimum atomic E-state index is -0.750. The summed E-state index contributed by atoms with van der Waals surface area (Å²) in [4.78, 5) is 14.5. The monoisotopic (exact) mass is 322 g/mol. The van der Waals surface area contributed by atoms with E-state index >= 15 is 0 Å². The number of methoxy groups -OCH3 is 1. The molecule has 0 saturated heterocycles. The predicted molar refractivity (Wildman–Crippen MR) is 84.3 cm³/mol. The summed E-state index contributed by atoms with van der Waals surface area (Å²) in [5.74, 6) is 0.185. The highest BCUT2D eigenvalue weighted by atomic mass is 19.1. The normalized spacial score (nSPS) is 10.6. The molecule has 0 spiro atoms. The number of hydrogen-bond acceptors (Lipinski definition) is 5. The second-order valence-corrected chi connectivity index (χ2v) is 5.06. The molecule has 2 aromatic rings. The maximum absolute atomic E-state index is 13.6. The predicted octanol–water partition coefficient (Wildman–Crippen LogP) is 3.14. The van der Waals surface area contributed by atoms with E-state index in [-0.39, 0.29) is 17.1 Å². The topological polar surface area (TPSA) is 82.2 Å². The number of imidazole rings is 1. The first-order chi connectivity index (χ1) is 11.0. The molecule has 1 aromatic heterocycles. The van der Waals surface area contributed by atoms with Crippen LogP contribution in [0.25, 0.3) is 0 Å². The number of benzene rings is 1. The van der Waals surface area contributed by atoms with Gasteiger partial charge >= 0.3 is 0 Å². The molecule has 1 N–H and O–H groups in total. The fourth-order valence-corrected chi connectivity index (χ4v) is 2.26. The molecule has 0 aliphatic carbocycles. The number of anilines is 1. The lowest BCUT2D eigenvalue weighted by molar-refractivity contribution is -0.384. The number of nitrogens with zero attached hydrogens (tertiary/aromatic N) is 3. The van der Waals surface area contributed by atoms with Gasteiger partial charge in [-0.2, -0.15) is 0 Å².